The number of ether oxygens (including phenoxy) is 1. The van der Waals surface area contributed by atoms with Crippen molar-refractivity contribution in [1.82, 2.24) is 0 Å². The zero-order valence-electron chi connectivity index (χ0n) is 18.1. The number of carbonyl (C=O) groups is 1. The second-order valence-electron chi connectivity index (χ2n) is 7.95. The van der Waals surface area contributed by atoms with E-state index >= 15 is 0 Å². The van der Waals surface area contributed by atoms with Gasteiger partial charge in [-0.1, -0.05) is 38.8 Å². The van der Waals surface area contributed by atoms with Crippen LogP contribution in [-0.2, 0) is 4.79 Å². The molecule has 1 aromatic heterocycles. The third-order valence-electron chi connectivity index (χ3n) is 5.07. The summed E-state index contributed by atoms with van der Waals surface area (Å²) in [7, 11) is 0. The zero-order valence-corrected chi connectivity index (χ0v) is 18.1. The molecule has 0 amide bonds. The summed E-state index contributed by atoms with van der Waals surface area (Å²) < 4.78 is 11.9. The first-order chi connectivity index (χ1) is 14.4. The first-order valence-corrected chi connectivity index (χ1v) is 10.5. The molecule has 0 saturated heterocycles. The lowest BCUT2D eigenvalue weighted by molar-refractivity contribution is -0.537. The Morgan fingerprint density at radius 3 is 2.50 bits per heavy atom. The summed E-state index contributed by atoms with van der Waals surface area (Å²) in [6.07, 6.45) is 2.12. The van der Waals surface area contributed by atoms with Crippen LogP contribution in [0.5, 0.6) is 5.75 Å². The van der Waals surface area contributed by atoms with Gasteiger partial charge in [-0.05, 0) is 49.7 Å². The molecule has 5 nitrogen and oxygen atoms in total. The quantitative estimate of drug-likeness (QED) is 0.558. The van der Waals surface area contributed by atoms with Crippen molar-refractivity contribution >= 4 is 16.9 Å². The summed E-state index contributed by atoms with van der Waals surface area (Å²) in [6.45, 7) is 8.63. The van der Waals surface area contributed by atoms with Gasteiger partial charge in [0.25, 0.3) is 0 Å². The molecule has 0 spiro atoms. The molecule has 1 unspecified atom stereocenters. The molecule has 0 aliphatic heterocycles. The van der Waals surface area contributed by atoms with Gasteiger partial charge in [-0.3, -0.25) is 0 Å². The fourth-order valence-corrected chi connectivity index (χ4v) is 3.29. The van der Waals surface area contributed by atoms with E-state index in [1.807, 2.05) is 69.3 Å². The van der Waals surface area contributed by atoms with Gasteiger partial charge in [-0.2, -0.15) is 0 Å². The van der Waals surface area contributed by atoms with Crippen molar-refractivity contribution in [2.75, 3.05) is 6.61 Å². The van der Waals surface area contributed by atoms with Gasteiger partial charge in [0.05, 0.1) is 18.1 Å². The van der Waals surface area contributed by atoms with Gasteiger partial charge in [0.1, 0.15) is 17.1 Å². The van der Waals surface area contributed by atoms with Crippen molar-refractivity contribution in [2.45, 2.75) is 46.6 Å². The highest BCUT2D eigenvalue weighted by atomic mass is 16.5. The molecule has 2 aromatic carbocycles. The van der Waals surface area contributed by atoms with Crippen LogP contribution in [0.15, 0.2) is 52.9 Å². The monoisotopic (exact) mass is 408 g/mol. The first-order valence-electron chi connectivity index (χ1n) is 10.5. The Kier molecular flexibility index (Phi) is 6.93. The van der Waals surface area contributed by atoms with Crippen molar-refractivity contribution in [3.63, 3.8) is 0 Å². The maximum atomic E-state index is 11.7. The molecule has 5 heteroatoms. The number of carboxylic acids is 1. The second kappa shape index (κ2) is 9.61. The van der Waals surface area contributed by atoms with Crippen molar-refractivity contribution in [3.05, 3.63) is 59.5 Å². The zero-order chi connectivity index (χ0) is 21.7. The van der Waals surface area contributed by atoms with Gasteiger partial charge in [-0.15, -0.1) is 0 Å². The Morgan fingerprint density at radius 2 is 1.87 bits per heavy atom. The van der Waals surface area contributed by atoms with Gasteiger partial charge in [-0.25, -0.2) is 9.79 Å². The van der Waals surface area contributed by atoms with Crippen LogP contribution in [0.25, 0.3) is 22.3 Å². The lowest BCUT2D eigenvalue weighted by atomic mass is 10.0. The maximum Gasteiger partial charge on any atom is 0.373 e. The third kappa shape index (κ3) is 5.09. The van der Waals surface area contributed by atoms with E-state index in [9.17, 15) is 9.90 Å². The smallest absolute Gasteiger partial charge is 0.373 e. The Labute approximate surface area is 177 Å². The minimum absolute atomic E-state index is 0.0671. The topological polar surface area (TPSA) is 73.6 Å². The number of aryl methyl sites for hydroxylation is 1. The molecule has 30 heavy (non-hydrogen) atoms. The first kappa shape index (κ1) is 21.6. The Bertz CT molecular complexity index is 1080. The van der Waals surface area contributed by atoms with E-state index in [0.717, 1.165) is 40.5 Å². The van der Waals surface area contributed by atoms with Crippen LogP contribution >= 0.6 is 0 Å². The molecule has 0 aliphatic carbocycles. The summed E-state index contributed by atoms with van der Waals surface area (Å²) in [5, 5.41) is 11.3. The standard InChI is InChI=1S/C25H29NO4/c1-5-6-13-29-19-10-8-18(9-11-19)23-15-21(26-24(16(2)3)25(27)28)20-14-17(4)7-12-22(20)30-23/h7-12,14-16,24H,5-6,13H2,1-4H3,(H,27,28)/p+1. The highest BCUT2D eigenvalue weighted by Crippen LogP contribution is 2.24. The van der Waals surface area contributed by atoms with Crippen LogP contribution in [0.4, 0.5) is 0 Å². The number of aliphatic carboxylic acids is 1. The third-order valence-corrected chi connectivity index (χ3v) is 5.07. The highest BCUT2D eigenvalue weighted by molar-refractivity contribution is 5.79. The van der Waals surface area contributed by atoms with Crippen molar-refractivity contribution in [2.24, 2.45) is 5.92 Å². The molecular weight excluding hydrogens is 378 g/mol. The molecule has 2 N–H and O–H groups in total. The van der Waals surface area contributed by atoms with Crippen LogP contribution in [-0.4, -0.2) is 23.7 Å². The van der Waals surface area contributed by atoms with E-state index in [-0.39, 0.29) is 5.92 Å². The van der Waals surface area contributed by atoms with Gasteiger partial charge in [0.15, 0.2) is 0 Å². The number of hydrogen-bond donors (Lipinski definition) is 2. The molecule has 0 bridgehead atoms. The molecule has 1 atom stereocenters. The maximum absolute atomic E-state index is 11.7. The average molecular weight is 409 g/mol. The Balaban J connectivity index is 2.08. The van der Waals surface area contributed by atoms with Crippen molar-refractivity contribution in [1.29, 1.82) is 0 Å². The molecule has 1 heterocycles. The lowest BCUT2D eigenvalue weighted by Gasteiger charge is -2.09. The van der Waals surface area contributed by atoms with E-state index < -0.39 is 12.0 Å². The summed E-state index contributed by atoms with van der Waals surface area (Å²) >= 11 is 0. The fourth-order valence-electron chi connectivity index (χ4n) is 3.29. The van der Waals surface area contributed by atoms with Crippen LogP contribution in [0.3, 0.4) is 0 Å². The number of carboxylic acid groups (broad SMARTS) is 1. The lowest BCUT2D eigenvalue weighted by Crippen LogP contribution is -2.86. The number of rotatable bonds is 8. The molecular formula is C25H30NO4+. The van der Waals surface area contributed by atoms with Crippen molar-refractivity contribution in [3.8, 4) is 17.1 Å². The number of hydrogen-bond acceptors (Lipinski definition) is 3. The SMILES string of the molecule is CCCCOc1ccc(-c2cc(=[NH+]C(C(=O)O)C(C)C)c3cc(C)ccc3o2)cc1. The van der Waals surface area contributed by atoms with E-state index in [2.05, 4.69) is 11.9 Å². The minimum Gasteiger partial charge on any atom is -0.494 e. The van der Waals surface area contributed by atoms with E-state index in [1.165, 1.54) is 0 Å². The van der Waals surface area contributed by atoms with Gasteiger partial charge in [0, 0.05) is 11.5 Å². The number of unbranched alkanes of at least 4 members (excludes halogenated alkanes) is 1. The molecule has 0 aliphatic rings. The molecule has 3 aromatic rings. The summed E-state index contributed by atoms with van der Waals surface area (Å²) in [6, 6.07) is 14.9. The minimum atomic E-state index is -0.873. The molecule has 0 saturated carbocycles. The number of fused-ring (bicyclic) bond motifs is 1. The predicted molar refractivity (Wildman–Crippen MR) is 117 cm³/mol. The van der Waals surface area contributed by atoms with E-state index in [4.69, 9.17) is 9.15 Å². The van der Waals surface area contributed by atoms with E-state index in [1.54, 1.807) is 0 Å². The predicted octanol–water partition coefficient (Wildman–Crippen LogP) is 3.68. The summed E-state index contributed by atoms with van der Waals surface area (Å²) in [5.41, 5.74) is 2.69. The van der Waals surface area contributed by atoms with E-state index in [0.29, 0.717) is 18.0 Å². The van der Waals surface area contributed by atoms with Crippen LogP contribution in [0.2, 0.25) is 0 Å². The highest BCUT2D eigenvalue weighted by Gasteiger charge is 2.26. The van der Waals surface area contributed by atoms with Gasteiger partial charge >= 0.3 is 5.97 Å². The Morgan fingerprint density at radius 1 is 1.13 bits per heavy atom. The average Bonchev–Trinajstić information content (AvgIpc) is 2.72. The molecule has 3 rings (SSSR count). The number of nitrogens with one attached hydrogen (secondary N) is 1. The molecule has 0 fully saturated rings. The van der Waals surface area contributed by atoms with Crippen LogP contribution < -0.4 is 15.1 Å². The largest absolute Gasteiger partial charge is 0.494 e. The second-order valence-corrected chi connectivity index (χ2v) is 7.95. The van der Waals surface area contributed by atoms with Gasteiger partial charge in [0.2, 0.25) is 11.4 Å². The number of benzene rings is 2. The molecule has 0 radical (unpaired) electrons. The molecule has 158 valence electrons. The Hall–Kier alpha value is -3.08. The normalized spacial score (nSPS) is 13.0. The van der Waals surface area contributed by atoms with Crippen LogP contribution in [0.1, 0.15) is 39.2 Å². The van der Waals surface area contributed by atoms with Crippen molar-refractivity contribution < 1.29 is 24.0 Å². The summed E-state index contributed by atoms with van der Waals surface area (Å²) in [4.78, 5) is 15.0. The summed E-state index contributed by atoms with van der Waals surface area (Å²) in [5.74, 6) is 0.554. The van der Waals surface area contributed by atoms with Gasteiger partial charge < -0.3 is 14.3 Å². The van der Waals surface area contributed by atoms with Crippen LogP contribution in [0, 0.1) is 12.8 Å². The fraction of sp³-hybridized carbons (Fsp3) is 0.360.